The van der Waals surface area contributed by atoms with Gasteiger partial charge in [-0.05, 0) is 52.5 Å². The Morgan fingerprint density at radius 3 is 2.58 bits per heavy atom. The van der Waals surface area contributed by atoms with E-state index in [-0.39, 0.29) is 42.1 Å². The average molecular weight is 360 g/mol. The molecule has 2 aliphatic heterocycles. The molecule has 2 aliphatic rings. The van der Waals surface area contributed by atoms with Gasteiger partial charge in [0.2, 0.25) is 11.8 Å². The fourth-order valence-corrected chi connectivity index (χ4v) is 3.75. The Morgan fingerprint density at radius 2 is 1.92 bits per heavy atom. The van der Waals surface area contributed by atoms with E-state index in [9.17, 15) is 9.59 Å². The van der Waals surface area contributed by atoms with Gasteiger partial charge < -0.3 is 15.5 Å². The van der Waals surface area contributed by atoms with Gasteiger partial charge in [-0.25, -0.2) is 0 Å². The Morgan fingerprint density at radius 1 is 1.17 bits per heavy atom. The average Bonchev–Trinajstić information content (AvgIpc) is 2.54. The van der Waals surface area contributed by atoms with Crippen LogP contribution in [0.5, 0.6) is 0 Å². The van der Waals surface area contributed by atoms with Gasteiger partial charge >= 0.3 is 0 Å². The molecule has 0 aliphatic carbocycles. The molecule has 0 aromatic heterocycles. The predicted molar refractivity (Wildman–Crippen MR) is 99.3 cm³/mol. The first-order chi connectivity index (χ1) is 11.0. The second kappa shape index (κ2) is 10.2. The zero-order valence-electron chi connectivity index (χ0n) is 15.3. The zero-order chi connectivity index (χ0) is 16.8. The highest BCUT2D eigenvalue weighted by molar-refractivity contribution is 5.85. The predicted octanol–water partition coefficient (Wildman–Crippen LogP) is 2.34. The Kier molecular flexibility index (Phi) is 9.06. The number of hydrogen-bond donors (Lipinski definition) is 2. The van der Waals surface area contributed by atoms with Crippen molar-refractivity contribution in [1.82, 2.24) is 15.5 Å². The van der Waals surface area contributed by atoms with Crippen LogP contribution < -0.4 is 10.6 Å². The van der Waals surface area contributed by atoms with E-state index in [2.05, 4.69) is 31.4 Å². The van der Waals surface area contributed by atoms with Crippen molar-refractivity contribution in [3.63, 3.8) is 0 Å². The summed E-state index contributed by atoms with van der Waals surface area (Å²) in [6.45, 7) is 8.64. The van der Waals surface area contributed by atoms with Gasteiger partial charge in [0.1, 0.15) is 0 Å². The molecular weight excluding hydrogens is 326 g/mol. The first kappa shape index (κ1) is 21.2. The smallest absolute Gasteiger partial charge is 0.226 e. The van der Waals surface area contributed by atoms with Crippen LogP contribution >= 0.6 is 12.4 Å². The van der Waals surface area contributed by atoms with E-state index in [1.54, 1.807) is 0 Å². The van der Waals surface area contributed by atoms with Crippen molar-refractivity contribution < 1.29 is 9.59 Å². The number of piperidine rings is 2. The summed E-state index contributed by atoms with van der Waals surface area (Å²) in [7, 11) is 0. The van der Waals surface area contributed by atoms with Crippen LogP contribution in [0.15, 0.2) is 0 Å². The molecule has 4 atom stereocenters. The lowest BCUT2D eigenvalue weighted by Gasteiger charge is -2.40. The number of nitrogens with zero attached hydrogens (tertiary/aromatic N) is 1. The first-order valence-corrected chi connectivity index (χ1v) is 9.34. The summed E-state index contributed by atoms with van der Waals surface area (Å²) in [6.07, 6.45) is 5.75. The Bertz CT molecular complexity index is 419. The molecule has 2 saturated heterocycles. The fourth-order valence-electron chi connectivity index (χ4n) is 3.75. The molecule has 0 radical (unpaired) electrons. The van der Waals surface area contributed by atoms with Crippen molar-refractivity contribution in [2.45, 2.75) is 71.4 Å². The Balaban J connectivity index is 0.00000288. The van der Waals surface area contributed by atoms with E-state index < -0.39 is 0 Å². The summed E-state index contributed by atoms with van der Waals surface area (Å²) >= 11 is 0. The Labute approximate surface area is 152 Å². The van der Waals surface area contributed by atoms with Crippen molar-refractivity contribution in [3.8, 4) is 0 Å². The normalized spacial score (nSPS) is 30.4. The minimum Gasteiger partial charge on any atom is -0.356 e. The van der Waals surface area contributed by atoms with E-state index in [1.165, 1.54) is 0 Å². The van der Waals surface area contributed by atoms with Crippen LogP contribution in [0.25, 0.3) is 0 Å². The summed E-state index contributed by atoms with van der Waals surface area (Å²) in [5.41, 5.74) is 0. The lowest BCUT2D eigenvalue weighted by molar-refractivity contribution is -0.143. The molecule has 0 bridgehead atoms. The molecule has 140 valence electrons. The second-order valence-electron chi connectivity index (χ2n) is 7.33. The summed E-state index contributed by atoms with van der Waals surface area (Å²) in [5.74, 6) is 0.473. The molecule has 2 fully saturated rings. The van der Waals surface area contributed by atoms with E-state index in [1.807, 2.05) is 4.90 Å². The third-order valence-electron chi connectivity index (χ3n) is 5.34. The highest BCUT2D eigenvalue weighted by Gasteiger charge is 2.36. The highest BCUT2D eigenvalue weighted by Crippen LogP contribution is 2.27. The van der Waals surface area contributed by atoms with Gasteiger partial charge in [-0.2, -0.15) is 0 Å². The number of carbonyl (C=O) groups excluding carboxylic acids is 2. The summed E-state index contributed by atoms with van der Waals surface area (Å²) in [4.78, 5) is 27.2. The van der Waals surface area contributed by atoms with Crippen LogP contribution in [0, 0.1) is 11.8 Å². The molecule has 2 heterocycles. The summed E-state index contributed by atoms with van der Waals surface area (Å²) in [6, 6.07) is 0.665. The van der Waals surface area contributed by atoms with Gasteiger partial charge in [-0.1, -0.05) is 13.3 Å². The van der Waals surface area contributed by atoms with Crippen LogP contribution in [-0.4, -0.2) is 48.4 Å². The Hall–Kier alpha value is -0.810. The van der Waals surface area contributed by atoms with E-state index in [0.29, 0.717) is 12.6 Å². The minimum absolute atomic E-state index is 0. The number of hydrogen-bond acceptors (Lipinski definition) is 3. The first-order valence-electron chi connectivity index (χ1n) is 9.34. The number of likely N-dealkylation sites (tertiary alicyclic amines) is 1. The van der Waals surface area contributed by atoms with Crippen LogP contribution in [-0.2, 0) is 9.59 Å². The molecule has 2 amide bonds. The van der Waals surface area contributed by atoms with Crippen LogP contribution in [0.3, 0.4) is 0 Å². The van der Waals surface area contributed by atoms with Gasteiger partial charge in [0.05, 0.1) is 5.92 Å². The lowest BCUT2D eigenvalue weighted by atomic mass is 9.88. The summed E-state index contributed by atoms with van der Waals surface area (Å²) < 4.78 is 0. The maximum atomic E-state index is 12.9. The number of unbranched alkanes of at least 4 members (excludes halogenated alkanes) is 1. The lowest BCUT2D eigenvalue weighted by Crippen LogP contribution is -2.53. The summed E-state index contributed by atoms with van der Waals surface area (Å²) in [5, 5.41) is 6.43. The standard InChI is InChI=1S/C18H33N3O2.ClH/c1-4-5-9-20-17(22)16-7-6-14(3)21(12-16)18(23)15-8-10-19-13(2)11-15;/h13-16,19H,4-12H2,1-3H3,(H,20,22);1H/t13-,14?,15-,16?;/m0./s1. The molecule has 0 spiro atoms. The molecule has 24 heavy (non-hydrogen) atoms. The number of nitrogens with one attached hydrogen (secondary N) is 2. The molecule has 0 aromatic rings. The monoisotopic (exact) mass is 359 g/mol. The molecule has 2 unspecified atom stereocenters. The van der Waals surface area contributed by atoms with Crippen molar-refractivity contribution in [3.05, 3.63) is 0 Å². The van der Waals surface area contributed by atoms with Crippen molar-refractivity contribution in [2.24, 2.45) is 11.8 Å². The van der Waals surface area contributed by atoms with Gasteiger partial charge in [0.15, 0.2) is 0 Å². The maximum absolute atomic E-state index is 12.9. The van der Waals surface area contributed by atoms with Crippen LogP contribution in [0.4, 0.5) is 0 Å². The number of carbonyl (C=O) groups is 2. The number of halogens is 1. The number of rotatable bonds is 5. The molecule has 6 heteroatoms. The maximum Gasteiger partial charge on any atom is 0.226 e. The van der Waals surface area contributed by atoms with Crippen LogP contribution in [0.2, 0.25) is 0 Å². The van der Waals surface area contributed by atoms with Crippen LogP contribution in [0.1, 0.15) is 59.3 Å². The third-order valence-corrected chi connectivity index (χ3v) is 5.34. The molecule has 2 rings (SSSR count). The van der Waals surface area contributed by atoms with E-state index in [4.69, 9.17) is 0 Å². The van der Waals surface area contributed by atoms with Gasteiger partial charge in [-0.3, -0.25) is 9.59 Å². The van der Waals surface area contributed by atoms with E-state index >= 15 is 0 Å². The second-order valence-corrected chi connectivity index (χ2v) is 7.33. The third kappa shape index (κ3) is 5.62. The molecule has 0 aromatic carbocycles. The minimum atomic E-state index is -0.0360. The van der Waals surface area contributed by atoms with Gasteiger partial charge in [0, 0.05) is 31.1 Å². The van der Waals surface area contributed by atoms with Crippen molar-refractivity contribution >= 4 is 24.2 Å². The molecular formula is C18H34ClN3O2. The largest absolute Gasteiger partial charge is 0.356 e. The highest BCUT2D eigenvalue weighted by atomic mass is 35.5. The molecule has 2 N–H and O–H groups in total. The number of amides is 2. The SMILES string of the molecule is CCCCNC(=O)C1CCC(C)N(C(=O)[C@H]2CCN[C@@H](C)C2)C1.Cl. The fraction of sp³-hybridized carbons (Fsp3) is 0.889. The van der Waals surface area contributed by atoms with Crippen molar-refractivity contribution in [1.29, 1.82) is 0 Å². The topological polar surface area (TPSA) is 61.4 Å². The van der Waals surface area contributed by atoms with E-state index in [0.717, 1.165) is 51.6 Å². The van der Waals surface area contributed by atoms with Gasteiger partial charge in [0.25, 0.3) is 0 Å². The van der Waals surface area contributed by atoms with Crippen molar-refractivity contribution in [2.75, 3.05) is 19.6 Å². The molecule has 0 saturated carbocycles. The quantitative estimate of drug-likeness (QED) is 0.741. The van der Waals surface area contributed by atoms with Gasteiger partial charge in [-0.15, -0.1) is 12.4 Å². The molecule has 5 nitrogen and oxygen atoms in total. The zero-order valence-corrected chi connectivity index (χ0v) is 16.2.